The molecule has 3 rings (SSSR count). The Bertz CT molecular complexity index is 688. The van der Waals surface area contributed by atoms with Crippen LogP contribution in [0.4, 0.5) is 0 Å². The Hall–Kier alpha value is -2.22. The van der Waals surface area contributed by atoms with Gasteiger partial charge in [-0.15, -0.1) is 0 Å². The zero-order valence-corrected chi connectivity index (χ0v) is 14.1. The minimum Gasteiger partial charge on any atom is -0.381 e. The fourth-order valence-electron chi connectivity index (χ4n) is 2.73. The van der Waals surface area contributed by atoms with Crippen LogP contribution in [0.15, 0.2) is 15.1 Å². The first-order chi connectivity index (χ1) is 11.5. The normalized spacial score (nSPS) is 17.2. The third-order valence-electron chi connectivity index (χ3n) is 4.12. The van der Waals surface area contributed by atoms with E-state index in [1.165, 1.54) is 0 Å². The molecule has 1 aliphatic rings. The second kappa shape index (κ2) is 7.12. The molecule has 2 aromatic heterocycles. The second-order valence-corrected chi connectivity index (χ2v) is 6.37. The first kappa shape index (κ1) is 16.6. The Morgan fingerprint density at radius 2 is 2.00 bits per heavy atom. The molecule has 130 valence electrons. The summed E-state index contributed by atoms with van der Waals surface area (Å²) < 4.78 is 15.8. The highest BCUT2D eigenvalue weighted by atomic mass is 16.5. The van der Waals surface area contributed by atoms with Gasteiger partial charge in [0.15, 0.2) is 11.5 Å². The highest BCUT2D eigenvalue weighted by Gasteiger charge is 2.32. The predicted molar refractivity (Wildman–Crippen MR) is 83.4 cm³/mol. The molecule has 1 atom stereocenters. The largest absolute Gasteiger partial charge is 0.381 e. The van der Waals surface area contributed by atoms with Crippen LogP contribution in [-0.4, -0.2) is 34.4 Å². The van der Waals surface area contributed by atoms with Crippen molar-refractivity contribution < 1.29 is 18.6 Å². The Labute approximate surface area is 139 Å². The topological polar surface area (TPSA) is 103 Å². The molecule has 2 aromatic rings. The van der Waals surface area contributed by atoms with Gasteiger partial charge in [0.1, 0.15) is 11.8 Å². The van der Waals surface area contributed by atoms with Crippen LogP contribution in [0.1, 0.15) is 66.6 Å². The highest BCUT2D eigenvalue weighted by molar-refractivity contribution is 5.92. The van der Waals surface area contributed by atoms with E-state index in [-0.39, 0.29) is 29.5 Å². The fourth-order valence-corrected chi connectivity index (χ4v) is 2.73. The molecular weight excluding hydrogens is 312 g/mol. The number of aromatic nitrogens is 3. The lowest BCUT2D eigenvalue weighted by molar-refractivity contribution is 0.0466. The zero-order chi connectivity index (χ0) is 17.1. The summed E-state index contributed by atoms with van der Waals surface area (Å²) in [4.78, 5) is 16.9. The zero-order valence-electron chi connectivity index (χ0n) is 14.1. The monoisotopic (exact) mass is 334 g/mol. The third-order valence-corrected chi connectivity index (χ3v) is 4.12. The summed E-state index contributed by atoms with van der Waals surface area (Å²) in [6, 6.07) is 1.24. The molecule has 0 aromatic carbocycles. The first-order valence-electron chi connectivity index (χ1n) is 8.20. The van der Waals surface area contributed by atoms with Crippen LogP contribution in [0.25, 0.3) is 0 Å². The quantitative estimate of drug-likeness (QED) is 0.895. The van der Waals surface area contributed by atoms with Crippen LogP contribution in [0.2, 0.25) is 0 Å². The predicted octanol–water partition coefficient (Wildman–Crippen LogP) is 2.39. The summed E-state index contributed by atoms with van der Waals surface area (Å²) in [6.07, 6.45) is 1.64. The van der Waals surface area contributed by atoms with Crippen molar-refractivity contribution in [1.82, 2.24) is 20.6 Å². The molecule has 0 aliphatic carbocycles. The van der Waals surface area contributed by atoms with Crippen molar-refractivity contribution in [1.29, 1.82) is 0 Å². The Balaban J connectivity index is 1.82. The molecule has 8 heteroatoms. The summed E-state index contributed by atoms with van der Waals surface area (Å²) in [7, 11) is 0. The van der Waals surface area contributed by atoms with E-state index in [4.69, 9.17) is 13.8 Å². The Morgan fingerprint density at radius 3 is 2.58 bits per heavy atom. The number of hydrogen-bond donors (Lipinski definition) is 1. The minimum absolute atomic E-state index is 0.159. The van der Waals surface area contributed by atoms with Gasteiger partial charge in [0.2, 0.25) is 5.89 Å². The van der Waals surface area contributed by atoms with E-state index in [0.29, 0.717) is 30.7 Å². The number of rotatable bonds is 5. The first-order valence-corrected chi connectivity index (χ1v) is 8.20. The number of carbonyl (C=O) groups is 1. The van der Waals surface area contributed by atoms with Crippen LogP contribution in [0, 0.1) is 12.8 Å². The van der Waals surface area contributed by atoms with Gasteiger partial charge in [-0.25, -0.2) is 0 Å². The molecule has 0 bridgehead atoms. The second-order valence-electron chi connectivity index (χ2n) is 6.37. The molecule has 1 fully saturated rings. The van der Waals surface area contributed by atoms with Crippen molar-refractivity contribution in [2.45, 2.75) is 45.6 Å². The lowest BCUT2D eigenvalue weighted by Crippen LogP contribution is -2.36. The number of amides is 1. The van der Waals surface area contributed by atoms with Gasteiger partial charge in [-0.05, 0) is 25.7 Å². The van der Waals surface area contributed by atoms with Gasteiger partial charge < -0.3 is 19.1 Å². The lowest BCUT2D eigenvalue weighted by Gasteiger charge is -2.28. The van der Waals surface area contributed by atoms with E-state index < -0.39 is 0 Å². The van der Waals surface area contributed by atoms with Crippen molar-refractivity contribution >= 4 is 5.91 Å². The van der Waals surface area contributed by atoms with Gasteiger partial charge in [-0.1, -0.05) is 24.2 Å². The van der Waals surface area contributed by atoms with Gasteiger partial charge >= 0.3 is 0 Å². The SMILES string of the molecule is Cc1cc(C(=O)NC(c2nc(C(C)C)no2)C2CCOCC2)no1. The maximum absolute atomic E-state index is 12.5. The van der Waals surface area contributed by atoms with Gasteiger partial charge in [-0.3, -0.25) is 4.79 Å². The van der Waals surface area contributed by atoms with Crippen molar-refractivity contribution in [2.75, 3.05) is 13.2 Å². The van der Waals surface area contributed by atoms with E-state index >= 15 is 0 Å². The molecule has 1 aliphatic heterocycles. The van der Waals surface area contributed by atoms with Gasteiger partial charge in [0.25, 0.3) is 5.91 Å². The molecule has 1 N–H and O–H groups in total. The standard InChI is InChI=1S/C16H22N4O4/c1-9(2)14-18-16(24-20-14)13(11-4-6-22-7-5-11)17-15(21)12-8-10(3)23-19-12/h8-9,11,13H,4-7H2,1-3H3,(H,17,21). The number of nitrogens with zero attached hydrogens (tertiary/aromatic N) is 3. The smallest absolute Gasteiger partial charge is 0.274 e. The van der Waals surface area contributed by atoms with Crippen LogP contribution < -0.4 is 5.32 Å². The van der Waals surface area contributed by atoms with Crippen LogP contribution in [0.5, 0.6) is 0 Å². The van der Waals surface area contributed by atoms with Gasteiger partial charge in [0, 0.05) is 25.2 Å². The summed E-state index contributed by atoms with van der Waals surface area (Å²) in [5.74, 6) is 1.67. The Morgan fingerprint density at radius 1 is 1.25 bits per heavy atom. The average molecular weight is 334 g/mol. The van der Waals surface area contributed by atoms with Crippen LogP contribution >= 0.6 is 0 Å². The number of aryl methyl sites for hydroxylation is 1. The van der Waals surface area contributed by atoms with Crippen molar-refractivity contribution in [3.63, 3.8) is 0 Å². The van der Waals surface area contributed by atoms with Gasteiger partial charge in [-0.2, -0.15) is 4.98 Å². The molecule has 8 nitrogen and oxygen atoms in total. The summed E-state index contributed by atoms with van der Waals surface area (Å²) >= 11 is 0. The molecule has 1 saturated heterocycles. The van der Waals surface area contributed by atoms with Crippen LogP contribution in [-0.2, 0) is 4.74 Å². The summed E-state index contributed by atoms with van der Waals surface area (Å²) in [5.41, 5.74) is 0.244. The van der Waals surface area contributed by atoms with E-state index in [1.54, 1.807) is 13.0 Å². The molecule has 24 heavy (non-hydrogen) atoms. The van der Waals surface area contributed by atoms with Crippen molar-refractivity contribution in [3.8, 4) is 0 Å². The molecule has 1 amide bonds. The van der Waals surface area contributed by atoms with Crippen LogP contribution in [0.3, 0.4) is 0 Å². The van der Waals surface area contributed by atoms with Crippen molar-refractivity contribution in [3.05, 3.63) is 29.2 Å². The van der Waals surface area contributed by atoms with Crippen molar-refractivity contribution in [2.24, 2.45) is 5.92 Å². The van der Waals surface area contributed by atoms with E-state index in [2.05, 4.69) is 20.6 Å². The number of ether oxygens (including phenoxy) is 1. The van der Waals surface area contributed by atoms with Gasteiger partial charge in [0.05, 0.1) is 0 Å². The number of hydrogen-bond acceptors (Lipinski definition) is 7. The third kappa shape index (κ3) is 3.64. The molecule has 1 unspecified atom stereocenters. The fraction of sp³-hybridized carbons (Fsp3) is 0.625. The molecule has 0 radical (unpaired) electrons. The molecule has 0 saturated carbocycles. The molecule has 3 heterocycles. The minimum atomic E-state index is -0.363. The summed E-state index contributed by atoms with van der Waals surface area (Å²) in [5, 5.41) is 10.7. The number of nitrogens with one attached hydrogen (secondary N) is 1. The van der Waals surface area contributed by atoms with E-state index in [1.807, 2.05) is 13.8 Å². The van der Waals surface area contributed by atoms with E-state index in [9.17, 15) is 4.79 Å². The summed E-state index contributed by atoms with van der Waals surface area (Å²) in [6.45, 7) is 7.05. The maximum atomic E-state index is 12.5. The van der Waals surface area contributed by atoms with E-state index in [0.717, 1.165) is 12.8 Å². The lowest BCUT2D eigenvalue weighted by atomic mass is 9.91. The average Bonchev–Trinajstić information content (AvgIpc) is 3.22. The molecular formula is C16H22N4O4. The highest BCUT2D eigenvalue weighted by Crippen LogP contribution is 2.30. The molecule has 0 spiro atoms. The number of carbonyl (C=O) groups excluding carboxylic acids is 1. The Kier molecular flexibility index (Phi) is 4.94. The maximum Gasteiger partial charge on any atom is 0.274 e.